The standard InChI is InChI=1S/C12H20BNO3/c1-12(2,3)17-11(16)14-7-5-4-6-9(14)10(15)8-13/h9H,4-8H2,1-3H3. The molecule has 0 aliphatic carbocycles. The molecule has 0 bridgehead atoms. The van der Waals surface area contributed by atoms with E-state index >= 15 is 0 Å². The van der Waals surface area contributed by atoms with Gasteiger partial charge in [0.1, 0.15) is 11.4 Å². The highest BCUT2D eigenvalue weighted by Gasteiger charge is 2.33. The molecule has 0 spiro atoms. The van der Waals surface area contributed by atoms with Gasteiger partial charge in [-0.2, -0.15) is 0 Å². The van der Waals surface area contributed by atoms with Gasteiger partial charge in [-0.3, -0.25) is 9.69 Å². The first-order valence-electron chi connectivity index (χ1n) is 6.07. The molecule has 1 aliphatic rings. The van der Waals surface area contributed by atoms with Crippen LogP contribution in [0.3, 0.4) is 0 Å². The Hall–Kier alpha value is -0.995. The maximum Gasteiger partial charge on any atom is 0.410 e. The number of nitrogens with zero attached hydrogens (tertiary/aromatic N) is 1. The number of ether oxygens (including phenoxy) is 1. The van der Waals surface area contributed by atoms with Gasteiger partial charge >= 0.3 is 6.09 Å². The smallest absolute Gasteiger partial charge is 0.410 e. The van der Waals surface area contributed by atoms with Crippen molar-refractivity contribution in [3.8, 4) is 0 Å². The minimum absolute atomic E-state index is 0.0238. The number of rotatable bonds is 2. The second kappa shape index (κ2) is 5.56. The molecule has 0 N–H and O–H groups in total. The first-order valence-corrected chi connectivity index (χ1v) is 6.07. The molecule has 0 aromatic carbocycles. The molecule has 1 heterocycles. The number of amides is 1. The summed E-state index contributed by atoms with van der Waals surface area (Å²) in [6.07, 6.45) is 2.12. The quantitative estimate of drug-likeness (QED) is 0.689. The molecular weight excluding hydrogens is 217 g/mol. The summed E-state index contributed by atoms with van der Waals surface area (Å²) >= 11 is 0. The fourth-order valence-electron chi connectivity index (χ4n) is 1.94. The summed E-state index contributed by atoms with van der Waals surface area (Å²) in [4.78, 5) is 25.1. The Kier molecular flexibility index (Phi) is 4.60. The summed E-state index contributed by atoms with van der Waals surface area (Å²) in [5.74, 6) is -0.0874. The lowest BCUT2D eigenvalue weighted by Crippen LogP contribution is -2.49. The van der Waals surface area contributed by atoms with Gasteiger partial charge in [-0.15, -0.1) is 0 Å². The Morgan fingerprint density at radius 2 is 2.00 bits per heavy atom. The Balaban J connectivity index is 2.71. The van der Waals surface area contributed by atoms with Gasteiger partial charge in [0.15, 0.2) is 0 Å². The van der Waals surface area contributed by atoms with Gasteiger partial charge in [0.25, 0.3) is 0 Å². The van der Waals surface area contributed by atoms with Crippen LogP contribution in [0.5, 0.6) is 0 Å². The lowest BCUT2D eigenvalue weighted by Gasteiger charge is -2.35. The maximum absolute atomic E-state index is 12.0. The van der Waals surface area contributed by atoms with Crippen molar-refractivity contribution in [1.29, 1.82) is 0 Å². The van der Waals surface area contributed by atoms with Crippen LogP contribution in [0.25, 0.3) is 0 Å². The van der Waals surface area contributed by atoms with E-state index in [0.29, 0.717) is 13.0 Å². The molecule has 17 heavy (non-hydrogen) atoms. The highest BCUT2D eigenvalue weighted by Crippen LogP contribution is 2.21. The number of piperidine rings is 1. The minimum atomic E-state index is -0.537. The van der Waals surface area contributed by atoms with Crippen LogP contribution < -0.4 is 0 Å². The van der Waals surface area contributed by atoms with Crippen molar-refractivity contribution in [3.05, 3.63) is 0 Å². The molecule has 1 atom stereocenters. The first-order chi connectivity index (χ1) is 7.85. The third-order valence-electron chi connectivity index (χ3n) is 2.70. The van der Waals surface area contributed by atoms with Crippen LogP contribution in [0.2, 0.25) is 6.32 Å². The zero-order valence-corrected chi connectivity index (χ0v) is 10.9. The van der Waals surface area contributed by atoms with E-state index in [2.05, 4.69) is 0 Å². The van der Waals surface area contributed by atoms with E-state index in [4.69, 9.17) is 12.6 Å². The van der Waals surface area contributed by atoms with E-state index in [1.165, 1.54) is 4.90 Å². The Morgan fingerprint density at radius 1 is 1.35 bits per heavy atom. The molecule has 1 aliphatic heterocycles. The van der Waals surface area contributed by atoms with Crippen molar-refractivity contribution in [2.45, 2.75) is 58.0 Å². The van der Waals surface area contributed by atoms with Crippen LogP contribution in [-0.4, -0.2) is 42.8 Å². The van der Waals surface area contributed by atoms with Crippen molar-refractivity contribution >= 4 is 19.7 Å². The molecule has 5 heteroatoms. The van der Waals surface area contributed by atoms with Crippen LogP contribution in [0.4, 0.5) is 4.79 Å². The third kappa shape index (κ3) is 4.06. The lowest BCUT2D eigenvalue weighted by molar-refractivity contribution is -0.123. The van der Waals surface area contributed by atoms with Crippen molar-refractivity contribution in [1.82, 2.24) is 4.90 Å². The number of likely N-dealkylation sites (tertiary alicyclic amines) is 1. The van der Waals surface area contributed by atoms with Crippen LogP contribution in [0, 0.1) is 0 Å². The summed E-state index contributed by atoms with van der Waals surface area (Å²) in [5.41, 5.74) is -0.537. The fourth-order valence-corrected chi connectivity index (χ4v) is 1.94. The van der Waals surface area contributed by atoms with Crippen molar-refractivity contribution in [3.63, 3.8) is 0 Å². The molecule has 1 unspecified atom stereocenters. The second-order valence-electron chi connectivity index (χ2n) is 5.36. The van der Waals surface area contributed by atoms with Crippen molar-refractivity contribution < 1.29 is 14.3 Å². The normalized spacial score (nSPS) is 21.1. The van der Waals surface area contributed by atoms with Crippen LogP contribution in [-0.2, 0) is 9.53 Å². The lowest BCUT2D eigenvalue weighted by atomic mass is 9.90. The van der Waals surface area contributed by atoms with Gasteiger partial charge in [0.2, 0.25) is 0 Å². The zero-order valence-electron chi connectivity index (χ0n) is 10.9. The molecule has 0 aromatic rings. The molecular formula is C12H20BNO3. The second-order valence-corrected chi connectivity index (χ2v) is 5.36. The van der Waals surface area contributed by atoms with Crippen molar-refractivity contribution in [2.24, 2.45) is 0 Å². The molecule has 1 fully saturated rings. The fraction of sp³-hybridized carbons (Fsp3) is 0.833. The third-order valence-corrected chi connectivity index (χ3v) is 2.70. The topological polar surface area (TPSA) is 46.6 Å². The van der Waals surface area contributed by atoms with Gasteiger partial charge in [0.05, 0.1) is 13.9 Å². The average molecular weight is 237 g/mol. The highest BCUT2D eigenvalue weighted by molar-refractivity contribution is 6.21. The highest BCUT2D eigenvalue weighted by atomic mass is 16.6. The number of carbonyl (C=O) groups is 2. The molecule has 0 saturated carbocycles. The molecule has 2 radical (unpaired) electrons. The molecule has 94 valence electrons. The summed E-state index contributed by atoms with van der Waals surface area (Å²) in [6.45, 7) is 6.02. The molecule has 4 nitrogen and oxygen atoms in total. The predicted molar refractivity (Wildman–Crippen MR) is 66.1 cm³/mol. The monoisotopic (exact) mass is 237 g/mol. The van der Waals surface area contributed by atoms with Crippen LogP contribution >= 0.6 is 0 Å². The van der Waals surface area contributed by atoms with Gasteiger partial charge in [-0.25, -0.2) is 4.79 Å². The number of Topliss-reactive ketones (excluding diaryl/α,β-unsaturated/α-hetero) is 1. The molecule has 1 saturated heterocycles. The number of hydrogen-bond acceptors (Lipinski definition) is 3. The first kappa shape index (κ1) is 14.1. The van der Waals surface area contributed by atoms with Crippen molar-refractivity contribution in [2.75, 3.05) is 6.54 Å². The molecule has 0 aromatic heterocycles. The van der Waals surface area contributed by atoms with E-state index in [9.17, 15) is 9.59 Å². The molecule has 1 rings (SSSR count). The van der Waals surface area contributed by atoms with E-state index in [0.717, 1.165) is 12.8 Å². The summed E-state index contributed by atoms with van der Waals surface area (Å²) < 4.78 is 5.30. The SMILES string of the molecule is [B]CC(=O)C1CCCCN1C(=O)OC(C)(C)C. The van der Waals surface area contributed by atoms with E-state index in [1.807, 2.05) is 20.8 Å². The zero-order chi connectivity index (χ0) is 13.1. The minimum Gasteiger partial charge on any atom is -0.444 e. The predicted octanol–water partition coefficient (Wildman–Crippen LogP) is 1.93. The van der Waals surface area contributed by atoms with Gasteiger partial charge < -0.3 is 4.74 Å². The number of ketones is 1. The Labute approximate surface area is 104 Å². The Bertz CT molecular complexity index is 299. The summed E-state index contributed by atoms with van der Waals surface area (Å²) in [6, 6.07) is -0.399. The van der Waals surface area contributed by atoms with E-state index < -0.39 is 17.7 Å². The van der Waals surface area contributed by atoms with Gasteiger partial charge in [0, 0.05) is 6.54 Å². The molecule has 1 amide bonds. The Morgan fingerprint density at radius 3 is 2.53 bits per heavy atom. The number of hydrogen-bond donors (Lipinski definition) is 0. The van der Waals surface area contributed by atoms with Gasteiger partial charge in [-0.05, 0) is 46.4 Å². The largest absolute Gasteiger partial charge is 0.444 e. The summed E-state index contributed by atoms with van der Waals surface area (Å²) in [7, 11) is 5.36. The maximum atomic E-state index is 12.0. The van der Waals surface area contributed by atoms with Crippen LogP contribution in [0.1, 0.15) is 40.0 Å². The van der Waals surface area contributed by atoms with Gasteiger partial charge in [-0.1, -0.05) is 0 Å². The average Bonchev–Trinajstić information content (AvgIpc) is 2.25. The summed E-state index contributed by atoms with van der Waals surface area (Å²) in [5, 5.41) is 0. The number of carbonyl (C=O) groups excluding carboxylic acids is 2. The van der Waals surface area contributed by atoms with E-state index in [-0.39, 0.29) is 12.1 Å². The van der Waals surface area contributed by atoms with E-state index in [1.54, 1.807) is 0 Å². The van der Waals surface area contributed by atoms with Crippen LogP contribution in [0.15, 0.2) is 0 Å².